The average Bonchev–Trinajstić information content (AvgIpc) is 2.30. The molecule has 0 bridgehead atoms. The molecule has 0 atom stereocenters. The summed E-state index contributed by atoms with van der Waals surface area (Å²) < 4.78 is 0. The molecule has 2 heteroatoms. The second-order valence-corrected chi connectivity index (χ2v) is 3.96. The van der Waals surface area contributed by atoms with Crippen LogP contribution in [0.3, 0.4) is 0 Å². The molecule has 1 aromatic carbocycles. The van der Waals surface area contributed by atoms with Gasteiger partial charge in [-0.25, -0.2) is 0 Å². The van der Waals surface area contributed by atoms with Crippen molar-refractivity contribution >= 4 is 0 Å². The van der Waals surface area contributed by atoms with Crippen LogP contribution in [0.15, 0.2) is 48.7 Å². The molecule has 16 heavy (non-hydrogen) atoms. The fourth-order valence-electron chi connectivity index (χ4n) is 1.76. The number of rotatable bonds is 2. The zero-order valence-corrected chi connectivity index (χ0v) is 11.0. The Morgan fingerprint density at radius 2 is 1.62 bits per heavy atom. The van der Waals surface area contributed by atoms with Crippen LogP contribution in [0.25, 0.3) is 11.3 Å². The topological polar surface area (TPSA) is 12.9 Å². The maximum atomic E-state index is 4.39. The molecule has 0 fully saturated rings. The molecule has 1 nitrogen and oxygen atoms in total. The van der Waals surface area contributed by atoms with Gasteiger partial charge in [0.2, 0.25) is 0 Å². The normalized spacial score (nSPS) is 9.94. The summed E-state index contributed by atoms with van der Waals surface area (Å²) in [6, 6.07) is 14.5. The van der Waals surface area contributed by atoms with Gasteiger partial charge in [0.05, 0.1) is 5.69 Å². The van der Waals surface area contributed by atoms with Crippen molar-refractivity contribution in [1.82, 2.24) is 4.98 Å². The standard InChI is InChI=1S/C14H15N.Pd/c1-11(2)12-7-3-4-8-13(12)14-9-5-6-10-15-14;/h3-11H,1-2H3;. The van der Waals surface area contributed by atoms with E-state index in [0.717, 1.165) is 5.69 Å². The van der Waals surface area contributed by atoms with Gasteiger partial charge in [-0.3, -0.25) is 4.98 Å². The third-order valence-corrected chi connectivity index (χ3v) is 2.52. The van der Waals surface area contributed by atoms with Gasteiger partial charge in [0, 0.05) is 32.2 Å². The molecule has 0 radical (unpaired) electrons. The zero-order chi connectivity index (χ0) is 10.7. The SMILES string of the molecule is CC(C)c1ccccc1-c1ccccn1.[Pd]. The Balaban J connectivity index is 0.00000128. The second-order valence-electron chi connectivity index (χ2n) is 3.96. The summed E-state index contributed by atoms with van der Waals surface area (Å²) in [7, 11) is 0. The molecule has 0 N–H and O–H groups in total. The summed E-state index contributed by atoms with van der Waals surface area (Å²) in [6.45, 7) is 4.42. The molecule has 0 saturated heterocycles. The van der Waals surface area contributed by atoms with Crippen LogP contribution in [0.5, 0.6) is 0 Å². The van der Waals surface area contributed by atoms with Crippen LogP contribution in [0.2, 0.25) is 0 Å². The molecule has 86 valence electrons. The predicted molar refractivity (Wildman–Crippen MR) is 63.8 cm³/mol. The smallest absolute Gasteiger partial charge is 0.0704 e. The third-order valence-electron chi connectivity index (χ3n) is 2.52. The zero-order valence-electron chi connectivity index (χ0n) is 9.46. The maximum absolute atomic E-state index is 4.39. The van der Waals surface area contributed by atoms with Crippen molar-refractivity contribution in [2.45, 2.75) is 19.8 Å². The number of hydrogen-bond donors (Lipinski definition) is 0. The number of hydrogen-bond acceptors (Lipinski definition) is 1. The summed E-state index contributed by atoms with van der Waals surface area (Å²) in [5.74, 6) is 0.531. The van der Waals surface area contributed by atoms with Gasteiger partial charge in [0.1, 0.15) is 0 Å². The molecular formula is C14H15NPd. The molecule has 2 rings (SSSR count). The Bertz CT molecular complexity index is 437. The summed E-state index contributed by atoms with van der Waals surface area (Å²) in [6.07, 6.45) is 1.84. The van der Waals surface area contributed by atoms with Gasteiger partial charge in [0.25, 0.3) is 0 Å². The van der Waals surface area contributed by atoms with E-state index in [-0.39, 0.29) is 20.4 Å². The van der Waals surface area contributed by atoms with E-state index in [0.29, 0.717) is 5.92 Å². The monoisotopic (exact) mass is 303 g/mol. The quantitative estimate of drug-likeness (QED) is 0.768. The molecule has 0 aliphatic carbocycles. The van der Waals surface area contributed by atoms with Gasteiger partial charge >= 0.3 is 0 Å². The summed E-state index contributed by atoms with van der Waals surface area (Å²) in [5.41, 5.74) is 3.66. The van der Waals surface area contributed by atoms with Crippen LogP contribution in [0.1, 0.15) is 25.3 Å². The van der Waals surface area contributed by atoms with Crippen LogP contribution < -0.4 is 0 Å². The molecule has 2 aromatic rings. The van der Waals surface area contributed by atoms with Gasteiger partial charge < -0.3 is 0 Å². The van der Waals surface area contributed by atoms with E-state index in [4.69, 9.17) is 0 Å². The largest absolute Gasteiger partial charge is 0.256 e. The van der Waals surface area contributed by atoms with E-state index in [9.17, 15) is 0 Å². The number of nitrogens with zero attached hydrogens (tertiary/aromatic N) is 1. The summed E-state index contributed by atoms with van der Waals surface area (Å²) in [5, 5.41) is 0. The minimum atomic E-state index is 0. The summed E-state index contributed by atoms with van der Waals surface area (Å²) in [4.78, 5) is 4.39. The minimum Gasteiger partial charge on any atom is -0.256 e. The first-order chi connectivity index (χ1) is 7.29. The number of pyridine rings is 1. The Morgan fingerprint density at radius 1 is 0.938 bits per heavy atom. The van der Waals surface area contributed by atoms with Crippen molar-refractivity contribution in [3.05, 3.63) is 54.2 Å². The molecule has 0 spiro atoms. The predicted octanol–water partition coefficient (Wildman–Crippen LogP) is 3.87. The van der Waals surface area contributed by atoms with Gasteiger partial charge in [-0.1, -0.05) is 44.2 Å². The van der Waals surface area contributed by atoms with Crippen molar-refractivity contribution in [2.24, 2.45) is 0 Å². The average molecular weight is 304 g/mol. The molecule has 0 aliphatic rings. The van der Waals surface area contributed by atoms with Gasteiger partial charge in [-0.2, -0.15) is 0 Å². The van der Waals surface area contributed by atoms with Crippen LogP contribution in [-0.2, 0) is 20.4 Å². The van der Waals surface area contributed by atoms with Crippen LogP contribution in [-0.4, -0.2) is 4.98 Å². The number of benzene rings is 1. The van der Waals surface area contributed by atoms with Crippen LogP contribution in [0, 0.1) is 0 Å². The van der Waals surface area contributed by atoms with E-state index in [2.05, 4.69) is 49.2 Å². The fraction of sp³-hybridized carbons (Fsp3) is 0.214. The van der Waals surface area contributed by atoms with Crippen molar-refractivity contribution in [2.75, 3.05) is 0 Å². The van der Waals surface area contributed by atoms with Crippen LogP contribution in [0.4, 0.5) is 0 Å². The van der Waals surface area contributed by atoms with E-state index >= 15 is 0 Å². The molecular weight excluding hydrogens is 289 g/mol. The Kier molecular flexibility index (Phi) is 4.86. The molecule has 0 unspecified atom stereocenters. The molecule has 0 saturated carbocycles. The van der Waals surface area contributed by atoms with Crippen molar-refractivity contribution in [1.29, 1.82) is 0 Å². The van der Waals surface area contributed by atoms with Gasteiger partial charge in [0.15, 0.2) is 0 Å². The van der Waals surface area contributed by atoms with E-state index in [1.807, 2.05) is 18.3 Å². The third kappa shape index (κ3) is 2.78. The van der Waals surface area contributed by atoms with Crippen molar-refractivity contribution in [3.63, 3.8) is 0 Å². The van der Waals surface area contributed by atoms with Crippen molar-refractivity contribution < 1.29 is 20.4 Å². The maximum Gasteiger partial charge on any atom is 0.0704 e. The fourth-order valence-corrected chi connectivity index (χ4v) is 1.76. The first kappa shape index (κ1) is 13.1. The Morgan fingerprint density at radius 3 is 2.25 bits per heavy atom. The second kappa shape index (κ2) is 5.94. The molecule has 1 heterocycles. The summed E-state index contributed by atoms with van der Waals surface area (Å²) >= 11 is 0. The van der Waals surface area contributed by atoms with Crippen LogP contribution >= 0.6 is 0 Å². The van der Waals surface area contributed by atoms with E-state index in [1.54, 1.807) is 0 Å². The Hall–Kier alpha value is -0.968. The van der Waals surface area contributed by atoms with Gasteiger partial charge in [-0.15, -0.1) is 0 Å². The number of aromatic nitrogens is 1. The molecule has 0 aliphatic heterocycles. The molecule has 1 aromatic heterocycles. The molecule has 0 amide bonds. The first-order valence-electron chi connectivity index (χ1n) is 5.29. The van der Waals surface area contributed by atoms with E-state index in [1.165, 1.54) is 11.1 Å². The minimum absolute atomic E-state index is 0. The van der Waals surface area contributed by atoms with Gasteiger partial charge in [-0.05, 0) is 23.6 Å². The Labute approximate surface area is 111 Å². The first-order valence-corrected chi connectivity index (χ1v) is 5.29. The van der Waals surface area contributed by atoms with Crippen molar-refractivity contribution in [3.8, 4) is 11.3 Å². The van der Waals surface area contributed by atoms with E-state index < -0.39 is 0 Å².